The second-order valence-electron chi connectivity index (χ2n) is 6.21. The summed E-state index contributed by atoms with van der Waals surface area (Å²) in [7, 11) is 4.10. The Hall–Kier alpha value is -2.81. The maximum atomic E-state index is 4.83. The van der Waals surface area contributed by atoms with Gasteiger partial charge in [-0.15, -0.1) is 0 Å². The van der Waals surface area contributed by atoms with Crippen LogP contribution < -0.4 is 10.2 Å². The summed E-state index contributed by atoms with van der Waals surface area (Å²) >= 11 is 0. The van der Waals surface area contributed by atoms with Gasteiger partial charge < -0.3 is 10.2 Å². The quantitative estimate of drug-likeness (QED) is 0.836. The third-order valence-electron chi connectivity index (χ3n) is 4.26. The largest absolute Gasteiger partial charge is 0.378 e. The number of nitrogens with zero attached hydrogens (tertiary/aromatic N) is 2. The molecule has 0 aromatic heterocycles. The van der Waals surface area contributed by atoms with E-state index in [9.17, 15) is 0 Å². The first-order valence-electron chi connectivity index (χ1n) is 8.12. The third-order valence-corrected chi connectivity index (χ3v) is 4.26. The van der Waals surface area contributed by atoms with Gasteiger partial charge in [0.15, 0.2) is 0 Å². The van der Waals surface area contributed by atoms with Gasteiger partial charge in [0.05, 0.1) is 17.1 Å². The molecular formula is C21H23N3. The number of para-hydroxylation sites is 2. The molecule has 3 rings (SSSR count). The Morgan fingerprint density at radius 2 is 1.62 bits per heavy atom. The molecule has 0 aliphatic carbocycles. The molecule has 2 aromatic rings. The van der Waals surface area contributed by atoms with Gasteiger partial charge in [0.2, 0.25) is 0 Å². The van der Waals surface area contributed by atoms with Crippen molar-refractivity contribution in [3.05, 3.63) is 71.4 Å². The normalized spacial score (nSPS) is 14.1. The first kappa shape index (κ1) is 16.1. The minimum absolute atomic E-state index is 0.969. The number of hydrogen-bond donors (Lipinski definition) is 1. The molecule has 1 heterocycles. The smallest absolute Gasteiger partial charge is 0.0871 e. The van der Waals surface area contributed by atoms with Crippen molar-refractivity contribution in [2.45, 2.75) is 13.8 Å². The Morgan fingerprint density at radius 3 is 2.33 bits per heavy atom. The molecular weight excluding hydrogens is 294 g/mol. The van der Waals surface area contributed by atoms with E-state index in [1.54, 1.807) is 0 Å². The Bertz CT molecular complexity index is 824. The molecule has 0 radical (unpaired) electrons. The molecule has 1 N–H and O–H groups in total. The number of hydrogen-bond acceptors (Lipinski definition) is 3. The van der Waals surface area contributed by atoms with Gasteiger partial charge in [0.25, 0.3) is 0 Å². The lowest BCUT2D eigenvalue weighted by molar-refractivity contribution is 1.13. The molecule has 0 bridgehead atoms. The zero-order valence-corrected chi connectivity index (χ0v) is 14.7. The van der Waals surface area contributed by atoms with E-state index in [-0.39, 0.29) is 0 Å². The fraction of sp³-hybridized carbons (Fsp3) is 0.190. The standard InChI is InChI=1S/C21H23N3/c1-15-16(2)22-20-7-5-6-8-21(20)23-19(15)14-11-17-9-12-18(13-10-17)24(3)4/h5-14,22H,1-4H3/b14-11+. The van der Waals surface area contributed by atoms with Gasteiger partial charge >= 0.3 is 0 Å². The molecule has 0 spiro atoms. The monoisotopic (exact) mass is 317 g/mol. The van der Waals surface area contributed by atoms with Crippen LogP contribution in [0.3, 0.4) is 0 Å². The van der Waals surface area contributed by atoms with Crippen molar-refractivity contribution in [1.29, 1.82) is 0 Å². The number of rotatable bonds is 3. The van der Waals surface area contributed by atoms with E-state index in [2.05, 4.69) is 66.5 Å². The highest BCUT2D eigenvalue weighted by Gasteiger charge is 2.11. The minimum atomic E-state index is 0.969. The van der Waals surface area contributed by atoms with Gasteiger partial charge in [0, 0.05) is 25.5 Å². The summed E-state index contributed by atoms with van der Waals surface area (Å²) in [6.45, 7) is 4.19. The van der Waals surface area contributed by atoms with Crippen molar-refractivity contribution in [1.82, 2.24) is 0 Å². The van der Waals surface area contributed by atoms with Gasteiger partial charge in [-0.1, -0.05) is 30.3 Å². The number of anilines is 2. The van der Waals surface area contributed by atoms with Gasteiger partial charge in [0.1, 0.15) is 0 Å². The van der Waals surface area contributed by atoms with Crippen LogP contribution in [0.4, 0.5) is 17.1 Å². The van der Waals surface area contributed by atoms with E-state index in [0.29, 0.717) is 0 Å². The number of nitrogens with one attached hydrogen (secondary N) is 1. The van der Waals surface area contributed by atoms with Crippen LogP contribution in [0.1, 0.15) is 19.4 Å². The van der Waals surface area contributed by atoms with Crippen LogP contribution >= 0.6 is 0 Å². The van der Waals surface area contributed by atoms with Crippen LogP contribution in [0, 0.1) is 0 Å². The van der Waals surface area contributed by atoms with Crippen molar-refractivity contribution >= 4 is 28.8 Å². The van der Waals surface area contributed by atoms with E-state index in [1.807, 2.05) is 32.3 Å². The number of aliphatic imine (C=N–C) groups is 1. The fourth-order valence-corrected chi connectivity index (χ4v) is 2.60. The molecule has 0 amide bonds. The van der Waals surface area contributed by atoms with Gasteiger partial charge in [-0.05, 0) is 55.3 Å². The lowest BCUT2D eigenvalue weighted by Crippen LogP contribution is -2.07. The summed E-state index contributed by atoms with van der Waals surface area (Å²) in [5, 5.41) is 3.45. The SMILES string of the molecule is CC1=C(C)C(/C=C/c2ccc(N(C)C)cc2)=Nc2ccccc2N1. The van der Waals surface area contributed by atoms with Gasteiger partial charge in [-0.2, -0.15) is 0 Å². The van der Waals surface area contributed by atoms with Gasteiger partial charge in [-0.3, -0.25) is 0 Å². The summed E-state index contributed by atoms with van der Waals surface area (Å²) < 4.78 is 0. The molecule has 122 valence electrons. The highest BCUT2D eigenvalue weighted by molar-refractivity contribution is 6.13. The molecule has 0 fully saturated rings. The molecule has 0 unspecified atom stereocenters. The van der Waals surface area contributed by atoms with E-state index in [0.717, 1.165) is 28.4 Å². The molecule has 0 saturated carbocycles. The van der Waals surface area contributed by atoms with E-state index in [1.165, 1.54) is 11.3 Å². The summed E-state index contributed by atoms with van der Waals surface area (Å²) in [6.07, 6.45) is 4.20. The summed E-state index contributed by atoms with van der Waals surface area (Å²) in [6, 6.07) is 16.6. The third kappa shape index (κ3) is 3.40. The fourth-order valence-electron chi connectivity index (χ4n) is 2.60. The zero-order chi connectivity index (χ0) is 17.1. The second kappa shape index (κ2) is 6.75. The highest BCUT2D eigenvalue weighted by Crippen LogP contribution is 2.30. The predicted molar refractivity (Wildman–Crippen MR) is 105 cm³/mol. The van der Waals surface area contributed by atoms with E-state index < -0.39 is 0 Å². The lowest BCUT2D eigenvalue weighted by atomic mass is 10.1. The first-order valence-corrected chi connectivity index (χ1v) is 8.12. The summed E-state index contributed by atoms with van der Waals surface area (Å²) in [5.41, 5.74) is 7.66. The van der Waals surface area contributed by atoms with Crippen molar-refractivity contribution in [2.24, 2.45) is 4.99 Å². The maximum Gasteiger partial charge on any atom is 0.0871 e. The lowest BCUT2D eigenvalue weighted by Gasteiger charge is -2.11. The molecule has 3 heteroatoms. The van der Waals surface area contributed by atoms with Crippen LogP contribution in [-0.4, -0.2) is 19.8 Å². The topological polar surface area (TPSA) is 27.6 Å². The second-order valence-corrected chi connectivity index (χ2v) is 6.21. The average molecular weight is 317 g/mol. The molecule has 1 aliphatic rings. The van der Waals surface area contributed by atoms with E-state index >= 15 is 0 Å². The van der Waals surface area contributed by atoms with Gasteiger partial charge in [-0.25, -0.2) is 4.99 Å². The zero-order valence-electron chi connectivity index (χ0n) is 14.7. The Morgan fingerprint density at radius 1 is 0.917 bits per heavy atom. The van der Waals surface area contributed by atoms with Crippen LogP contribution in [-0.2, 0) is 0 Å². The maximum absolute atomic E-state index is 4.83. The Labute approximate surface area is 144 Å². The highest BCUT2D eigenvalue weighted by atomic mass is 15.1. The number of benzene rings is 2. The predicted octanol–water partition coefficient (Wildman–Crippen LogP) is 5.26. The summed E-state index contributed by atoms with van der Waals surface area (Å²) in [5.74, 6) is 0. The molecule has 3 nitrogen and oxygen atoms in total. The average Bonchev–Trinajstić information content (AvgIpc) is 2.70. The molecule has 1 aliphatic heterocycles. The van der Waals surface area contributed by atoms with Crippen molar-refractivity contribution in [3.63, 3.8) is 0 Å². The molecule has 0 atom stereocenters. The van der Waals surface area contributed by atoms with E-state index in [4.69, 9.17) is 4.99 Å². The molecule has 24 heavy (non-hydrogen) atoms. The van der Waals surface area contributed by atoms with Crippen molar-refractivity contribution < 1.29 is 0 Å². The van der Waals surface area contributed by atoms with Crippen molar-refractivity contribution in [3.8, 4) is 0 Å². The Balaban J connectivity index is 1.92. The van der Waals surface area contributed by atoms with Crippen molar-refractivity contribution in [2.75, 3.05) is 24.3 Å². The Kier molecular flexibility index (Phi) is 4.52. The van der Waals surface area contributed by atoms with Crippen LogP contribution in [0.25, 0.3) is 6.08 Å². The number of allylic oxidation sites excluding steroid dienone is 3. The number of fused-ring (bicyclic) bond motifs is 1. The molecule has 0 saturated heterocycles. The van der Waals surface area contributed by atoms with Crippen LogP contribution in [0.2, 0.25) is 0 Å². The summed E-state index contributed by atoms with van der Waals surface area (Å²) in [4.78, 5) is 6.93. The minimum Gasteiger partial charge on any atom is -0.378 e. The molecule has 2 aromatic carbocycles. The van der Waals surface area contributed by atoms with Crippen LogP contribution in [0.15, 0.2) is 70.9 Å². The van der Waals surface area contributed by atoms with Crippen LogP contribution in [0.5, 0.6) is 0 Å². The first-order chi connectivity index (χ1) is 11.5.